The number of hydrogen-bond donors (Lipinski definition) is 1. The second-order valence-corrected chi connectivity index (χ2v) is 6.05. The average molecular weight is 338 g/mol. The van der Waals surface area contributed by atoms with E-state index < -0.39 is 4.92 Å². The van der Waals surface area contributed by atoms with Crippen molar-refractivity contribution < 1.29 is 4.92 Å². The summed E-state index contributed by atoms with van der Waals surface area (Å²) < 4.78 is 0. The van der Waals surface area contributed by atoms with Gasteiger partial charge in [-0.05, 0) is 37.7 Å². The van der Waals surface area contributed by atoms with Gasteiger partial charge in [0.05, 0.1) is 22.2 Å². The van der Waals surface area contributed by atoms with Gasteiger partial charge >= 0.3 is 0 Å². The van der Waals surface area contributed by atoms with Gasteiger partial charge in [-0.15, -0.1) is 0 Å². The zero-order valence-corrected chi connectivity index (χ0v) is 14.7. The minimum Gasteiger partial charge on any atom is -0.382 e. The molecule has 0 aliphatic heterocycles. The number of likely N-dealkylation sites (N-methyl/N-ethyl adjacent to an activating group) is 1. The van der Waals surface area contributed by atoms with Crippen molar-refractivity contribution >= 4 is 11.4 Å². The van der Waals surface area contributed by atoms with E-state index in [9.17, 15) is 15.4 Å². The Hall–Kier alpha value is -2.91. The third kappa shape index (κ3) is 4.55. The summed E-state index contributed by atoms with van der Waals surface area (Å²) in [5.74, 6) is 0. The topological polar surface area (TPSA) is 82.2 Å². The highest BCUT2D eigenvalue weighted by molar-refractivity contribution is 5.61. The Kier molecular flexibility index (Phi) is 6.09. The zero-order valence-electron chi connectivity index (χ0n) is 14.7. The van der Waals surface area contributed by atoms with Gasteiger partial charge in [-0.25, -0.2) is 0 Å². The van der Waals surface area contributed by atoms with Gasteiger partial charge in [-0.2, -0.15) is 5.26 Å². The van der Waals surface area contributed by atoms with Crippen molar-refractivity contribution in [3.8, 4) is 6.07 Å². The molecular formula is C19H22N4O2. The monoisotopic (exact) mass is 338 g/mol. The molecule has 0 aromatic heterocycles. The number of nitro benzene ring substituents is 1. The fraction of sp³-hybridized carbons (Fsp3) is 0.316. The molecule has 2 rings (SSSR count). The van der Waals surface area contributed by atoms with Crippen LogP contribution in [0.3, 0.4) is 0 Å². The quantitative estimate of drug-likeness (QED) is 0.614. The molecule has 25 heavy (non-hydrogen) atoms. The lowest BCUT2D eigenvalue weighted by molar-refractivity contribution is -0.384. The summed E-state index contributed by atoms with van der Waals surface area (Å²) in [5, 5.41) is 23.3. The van der Waals surface area contributed by atoms with Crippen molar-refractivity contribution in [3.05, 3.63) is 69.3 Å². The lowest BCUT2D eigenvalue weighted by atomic mass is 10.0. The fourth-order valence-electron chi connectivity index (χ4n) is 2.67. The van der Waals surface area contributed by atoms with Crippen LogP contribution in [0, 0.1) is 21.4 Å². The Bertz CT molecular complexity index is 779. The number of aryl methyl sites for hydroxylation is 1. The van der Waals surface area contributed by atoms with Crippen LogP contribution in [0.4, 0.5) is 11.4 Å². The minimum atomic E-state index is -0.497. The maximum atomic E-state index is 10.8. The second kappa shape index (κ2) is 8.27. The number of non-ortho nitro benzene ring substituents is 1. The highest BCUT2D eigenvalue weighted by Gasteiger charge is 2.16. The van der Waals surface area contributed by atoms with Gasteiger partial charge in [0.2, 0.25) is 0 Å². The third-order valence-electron chi connectivity index (χ3n) is 4.22. The van der Waals surface area contributed by atoms with Crippen molar-refractivity contribution in [1.82, 2.24) is 4.90 Å². The predicted molar refractivity (Wildman–Crippen MR) is 98.5 cm³/mol. The van der Waals surface area contributed by atoms with Gasteiger partial charge in [0, 0.05) is 18.7 Å². The number of nitrogens with one attached hydrogen (secondary N) is 1. The molecule has 0 heterocycles. The maximum Gasteiger partial charge on any atom is 0.270 e. The molecule has 1 N–H and O–H groups in total. The first kappa shape index (κ1) is 18.4. The van der Waals surface area contributed by atoms with Crippen LogP contribution < -0.4 is 5.32 Å². The van der Waals surface area contributed by atoms with Crippen LogP contribution in [0.2, 0.25) is 0 Å². The Morgan fingerprint density at radius 1 is 1.24 bits per heavy atom. The molecule has 0 radical (unpaired) electrons. The molecule has 130 valence electrons. The first-order chi connectivity index (χ1) is 12.0. The molecule has 1 atom stereocenters. The number of hydrogen-bond acceptors (Lipinski definition) is 5. The molecule has 0 aliphatic rings. The summed E-state index contributed by atoms with van der Waals surface area (Å²) in [4.78, 5) is 12.4. The molecule has 0 unspecified atom stereocenters. The molecule has 2 aromatic carbocycles. The lowest BCUT2D eigenvalue weighted by Gasteiger charge is -2.26. The number of anilines is 1. The summed E-state index contributed by atoms with van der Waals surface area (Å²) in [5.41, 5.74) is 3.26. The van der Waals surface area contributed by atoms with Crippen LogP contribution in [0.25, 0.3) is 0 Å². The molecule has 0 spiro atoms. The van der Waals surface area contributed by atoms with E-state index in [0.29, 0.717) is 12.2 Å². The van der Waals surface area contributed by atoms with Crippen LogP contribution in [-0.2, 0) is 6.42 Å². The number of benzene rings is 2. The number of nitrogens with zero attached hydrogens (tertiary/aromatic N) is 3. The summed E-state index contributed by atoms with van der Waals surface area (Å²) in [6, 6.07) is 14.9. The molecule has 0 saturated heterocycles. The molecule has 0 fully saturated rings. The Balaban J connectivity index is 2.18. The highest BCUT2D eigenvalue weighted by Crippen LogP contribution is 2.24. The zero-order chi connectivity index (χ0) is 18.4. The standard InChI is InChI=1S/C19H22N4O2/c1-4-14-5-7-15(8-6-14)19(22(2)3)13-21-18-10-9-17(23(24)25)11-16(18)12-20/h5-11,19,21H,4,13H2,1-3H3/t19-/m0/s1. The van der Waals surface area contributed by atoms with E-state index in [1.165, 1.54) is 23.3 Å². The molecular weight excluding hydrogens is 316 g/mol. The Labute approximate surface area is 147 Å². The molecule has 0 bridgehead atoms. The van der Waals surface area contributed by atoms with Crippen molar-refractivity contribution in [2.24, 2.45) is 0 Å². The van der Waals surface area contributed by atoms with Crippen molar-refractivity contribution in [1.29, 1.82) is 5.26 Å². The van der Waals surface area contributed by atoms with E-state index in [1.807, 2.05) is 20.2 Å². The SMILES string of the molecule is CCc1ccc([C@H](CNc2ccc([N+](=O)[O-])cc2C#N)N(C)C)cc1. The average Bonchev–Trinajstić information content (AvgIpc) is 2.62. The third-order valence-corrected chi connectivity index (χ3v) is 4.22. The molecule has 0 aliphatic carbocycles. The van der Waals surface area contributed by atoms with Crippen LogP contribution in [0.1, 0.15) is 29.7 Å². The molecule has 6 heteroatoms. The normalized spacial score (nSPS) is 11.8. The number of nitro groups is 1. The van der Waals surface area contributed by atoms with Crippen LogP contribution in [-0.4, -0.2) is 30.5 Å². The molecule has 6 nitrogen and oxygen atoms in total. The summed E-state index contributed by atoms with van der Waals surface area (Å²) in [6.07, 6.45) is 0.999. The van der Waals surface area contributed by atoms with E-state index in [4.69, 9.17) is 0 Å². The van der Waals surface area contributed by atoms with Gasteiger partial charge in [0.25, 0.3) is 5.69 Å². The van der Waals surface area contributed by atoms with Gasteiger partial charge in [0.15, 0.2) is 0 Å². The van der Waals surface area contributed by atoms with Gasteiger partial charge < -0.3 is 10.2 Å². The lowest BCUT2D eigenvalue weighted by Crippen LogP contribution is -2.27. The Morgan fingerprint density at radius 3 is 2.44 bits per heavy atom. The smallest absolute Gasteiger partial charge is 0.270 e. The molecule has 0 saturated carbocycles. The van der Waals surface area contributed by atoms with Gasteiger partial charge in [-0.3, -0.25) is 10.1 Å². The summed E-state index contributed by atoms with van der Waals surface area (Å²) >= 11 is 0. The van der Waals surface area contributed by atoms with E-state index in [1.54, 1.807) is 6.07 Å². The van der Waals surface area contributed by atoms with Gasteiger partial charge in [-0.1, -0.05) is 31.2 Å². The Morgan fingerprint density at radius 2 is 1.92 bits per heavy atom. The summed E-state index contributed by atoms with van der Waals surface area (Å²) in [7, 11) is 4.00. The highest BCUT2D eigenvalue weighted by atomic mass is 16.6. The molecule has 0 amide bonds. The van der Waals surface area contributed by atoms with Crippen molar-refractivity contribution in [2.45, 2.75) is 19.4 Å². The fourth-order valence-corrected chi connectivity index (χ4v) is 2.67. The van der Waals surface area contributed by atoms with Crippen LogP contribution >= 0.6 is 0 Å². The first-order valence-electron chi connectivity index (χ1n) is 8.14. The van der Waals surface area contributed by atoms with E-state index >= 15 is 0 Å². The van der Waals surface area contributed by atoms with Crippen molar-refractivity contribution in [3.63, 3.8) is 0 Å². The second-order valence-electron chi connectivity index (χ2n) is 6.05. The number of rotatable bonds is 7. The van der Waals surface area contributed by atoms with Crippen molar-refractivity contribution in [2.75, 3.05) is 26.0 Å². The first-order valence-corrected chi connectivity index (χ1v) is 8.14. The largest absolute Gasteiger partial charge is 0.382 e. The summed E-state index contributed by atoms with van der Waals surface area (Å²) in [6.45, 7) is 2.71. The van der Waals surface area contributed by atoms with E-state index in [2.05, 4.69) is 41.4 Å². The van der Waals surface area contributed by atoms with E-state index in [-0.39, 0.29) is 17.3 Å². The van der Waals surface area contributed by atoms with E-state index in [0.717, 1.165) is 6.42 Å². The van der Waals surface area contributed by atoms with Gasteiger partial charge in [0.1, 0.15) is 6.07 Å². The number of nitriles is 1. The maximum absolute atomic E-state index is 10.8. The minimum absolute atomic E-state index is 0.0820. The predicted octanol–water partition coefficient (Wildman–Crippen LogP) is 3.74. The van der Waals surface area contributed by atoms with Crippen LogP contribution in [0.15, 0.2) is 42.5 Å². The molecule has 2 aromatic rings. The van der Waals surface area contributed by atoms with Crippen LogP contribution in [0.5, 0.6) is 0 Å².